The lowest BCUT2D eigenvalue weighted by Crippen LogP contribution is -2.31. The smallest absolute Gasteiger partial charge is 0.254 e. The van der Waals surface area contributed by atoms with Crippen LogP contribution in [-0.2, 0) is 19.6 Å². The fourth-order valence-corrected chi connectivity index (χ4v) is 3.20. The maximum atomic E-state index is 13.5. The predicted octanol–water partition coefficient (Wildman–Crippen LogP) is 4.65. The van der Waals surface area contributed by atoms with Gasteiger partial charge in [-0.1, -0.05) is 12.1 Å². The third kappa shape index (κ3) is 4.63. The molecule has 0 bridgehead atoms. The number of carbonyl (C=O) groups excluding carboxylic acids is 1. The molecule has 7 heteroatoms. The number of imidazole rings is 1. The van der Waals surface area contributed by atoms with Crippen LogP contribution in [0.15, 0.2) is 83.7 Å². The molecule has 152 valence electrons. The molecule has 0 saturated carbocycles. The van der Waals surface area contributed by atoms with Gasteiger partial charge >= 0.3 is 0 Å². The van der Waals surface area contributed by atoms with Crippen molar-refractivity contribution < 1.29 is 18.0 Å². The lowest BCUT2D eigenvalue weighted by atomic mass is 10.2. The van der Waals surface area contributed by atoms with Crippen molar-refractivity contribution in [2.24, 2.45) is 0 Å². The molecule has 4 rings (SSSR count). The van der Waals surface area contributed by atoms with E-state index in [1.165, 1.54) is 36.4 Å². The van der Waals surface area contributed by atoms with Crippen LogP contribution in [0.4, 0.5) is 8.78 Å². The standard InChI is InChI=1S/C23H19F2N3O2/c24-19-8-6-18(7-9-19)23(29)28(15-21-5-2-12-30-21)16-22-26-10-11-27(22)14-17-3-1-4-20(25)13-17/h1-13H,14-16H2. The van der Waals surface area contributed by atoms with Crippen LogP contribution >= 0.6 is 0 Å². The van der Waals surface area contributed by atoms with Crippen LogP contribution in [0.2, 0.25) is 0 Å². The van der Waals surface area contributed by atoms with Crippen molar-refractivity contribution in [2.75, 3.05) is 0 Å². The topological polar surface area (TPSA) is 51.3 Å². The van der Waals surface area contributed by atoms with Crippen LogP contribution in [0, 0.1) is 11.6 Å². The minimum atomic E-state index is -0.408. The molecule has 0 saturated heterocycles. The van der Waals surface area contributed by atoms with Crippen molar-refractivity contribution in [2.45, 2.75) is 19.6 Å². The highest BCUT2D eigenvalue weighted by molar-refractivity contribution is 5.94. The van der Waals surface area contributed by atoms with Gasteiger partial charge < -0.3 is 13.9 Å². The number of amides is 1. The highest BCUT2D eigenvalue weighted by atomic mass is 19.1. The van der Waals surface area contributed by atoms with Gasteiger partial charge in [-0.3, -0.25) is 4.79 Å². The third-order valence-electron chi connectivity index (χ3n) is 4.68. The average Bonchev–Trinajstić information content (AvgIpc) is 3.40. The van der Waals surface area contributed by atoms with E-state index in [0.717, 1.165) is 5.56 Å². The minimum absolute atomic E-state index is 0.208. The first-order valence-electron chi connectivity index (χ1n) is 9.40. The Hall–Kier alpha value is -3.74. The number of nitrogens with zero attached hydrogens (tertiary/aromatic N) is 3. The van der Waals surface area contributed by atoms with Crippen molar-refractivity contribution in [3.63, 3.8) is 0 Å². The lowest BCUT2D eigenvalue weighted by molar-refractivity contribution is 0.0711. The third-order valence-corrected chi connectivity index (χ3v) is 4.68. The molecular weight excluding hydrogens is 388 g/mol. The number of halogens is 2. The van der Waals surface area contributed by atoms with Crippen molar-refractivity contribution in [3.8, 4) is 0 Å². The molecule has 2 aromatic carbocycles. The molecule has 2 heterocycles. The second-order valence-corrected chi connectivity index (χ2v) is 6.85. The molecule has 30 heavy (non-hydrogen) atoms. The summed E-state index contributed by atoms with van der Waals surface area (Å²) in [6, 6.07) is 15.3. The molecule has 2 aromatic heterocycles. The number of hydrogen-bond acceptors (Lipinski definition) is 3. The summed E-state index contributed by atoms with van der Waals surface area (Å²) in [6.45, 7) is 0.863. The van der Waals surface area contributed by atoms with Crippen LogP contribution in [0.3, 0.4) is 0 Å². The van der Waals surface area contributed by atoms with Crippen LogP contribution in [0.5, 0.6) is 0 Å². The van der Waals surface area contributed by atoms with Gasteiger partial charge in [0.15, 0.2) is 0 Å². The van der Waals surface area contributed by atoms with Gasteiger partial charge in [-0.15, -0.1) is 0 Å². The Morgan fingerprint density at radius 2 is 1.83 bits per heavy atom. The molecule has 5 nitrogen and oxygen atoms in total. The SMILES string of the molecule is O=C(c1ccc(F)cc1)N(Cc1ccco1)Cc1nccn1Cc1cccc(F)c1. The van der Waals surface area contributed by atoms with E-state index in [-0.39, 0.29) is 24.8 Å². The summed E-state index contributed by atoms with van der Waals surface area (Å²) in [7, 11) is 0. The fourth-order valence-electron chi connectivity index (χ4n) is 3.20. The van der Waals surface area contributed by atoms with Crippen molar-refractivity contribution in [1.29, 1.82) is 0 Å². The normalized spacial score (nSPS) is 10.9. The van der Waals surface area contributed by atoms with Crippen molar-refractivity contribution in [3.05, 3.63) is 114 Å². The molecular formula is C23H19F2N3O2. The number of rotatable bonds is 7. The molecule has 0 N–H and O–H groups in total. The maximum absolute atomic E-state index is 13.5. The van der Waals surface area contributed by atoms with E-state index in [0.29, 0.717) is 23.7 Å². The first kappa shape index (κ1) is 19.6. The molecule has 0 fully saturated rings. The van der Waals surface area contributed by atoms with Gasteiger partial charge in [-0.25, -0.2) is 13.8 Å². The van der Waals surface area contributed by atoms with Crippen LogP contribution in [0.1, 0.15) is 27.5 Å². The zero-order valence-corrected chi connectivity index (χ0v) is 16.0. The Labute approximate surface area is 172 Å². The molecule has 0 atom stereocenters. The van der Waals surface area contributed by atoms with E-state index in [1.807, 2.05) is 10.6 Å². The fraction of sp³-hybridized carbons (Fsp3) is 0.130. The lowest BCUT2D eigenvalue weighted by Gasteiger charge is -2.22. The van der Waals surface area contributed by atoms with Gasteiger partial charge in [-0.05, 0) is 54.1 Å². The molecule has 0 aliphatic heterocycles. The molecule has 0 unspecified atom stereocenters. The first-order valence-corrected chi connectivity index (χ1v) is 9.40. The highest BCUT2D eigenvalue weighted by Crippen LogP contribution is 2.16. The van der Waals surface area contributed by atoms with E-state index in [1.54, 1.807) is 41.8 Å². The minimum Gasteiger partial charge on any atom is -0.467 e. The second kappa shape index (κ2) is 8.73. The quantitative estimate of drug-likeness (QED) is 0.448. The van der Waals surface area contributed by atoms with E-state index in [2.05, 4.69) is 4.98 Å². The summed E-state index contributed by atoms with van der Waals surface area (Å²) in [5, 5.41) is 0. The van der Waals surface area contributed by atoms with Crippen LogP contribution in [0.25, 0.3) is 0 Å². The van der Waals surface area contributed by atoms with Gasteiger partial charge in [0.25, 0.3) is 5.91 Å². The van der Waals surface area contributed by atoms with Gasteiger partial charge in [0.2, 0.25) is 0 Å². The van der Waals surface area contributed by atoms with Gasteiger partial charge in [0.05, 0.1) is 19.4 Å². The highest BCUT2D eigenvalue weighted by Gasteiger charge is 2.20. The number of aromatic nitrogens is 2. The van der Waals surface area contributed by atoms with Crippen molar-refractivity contribution >= 4 is 5.91 Å². The maximum Gasteiger partial charge on any atom is 0.254 e. The summed E-state index contributed by atoms with van der Waals surface area (Å²) in [6.07, 6.45) is 4.97. The number of hydrogen-bond donors (Lipinski definition) is 0. The van der Waals surface area contributed by atoms with E-state index >= 15 is 0 Å². The van der Waals surface area contributed by atoms with E-state index in [9.17, 15) is 13.6 Å². The van der Waals surface area contributed by atoms with Crippen LogP contribution < -0.4 is 0 Å². The van der Waals surface area contributed by atoms with E-state index in [4.69, 9.17) is 4.42 Å². The molecule has 0 aliphatic carbocycles. The average molecular weight is 407 g/mol. The Kier molecular flexibility index (Phi) is 5.70. The van der Waals surface area contributed by atoms with Gasteiger partial charge in [0.1, 0.15) is 23.2 Å². The summed E-state index contributed by atoms with van der Waals surface area (Å²) >= 11 is 0. The molecule has 4 aromatic rings. The molecule has 1 amide bonds. The van der Waals surface area contributed by atoms with E-state index < -0.39 is 5.82 Å². The summed E-state index contributed by atoms with van der Waals surface area (Å²) in [5.41, 5.74) is 1.16. The van der Waals surface area contributed by atoms with Gasteiger partial charge in [-0.2, -0.15) is 0 Å². The number of furan rings is 1. The van der Waals surface area contributed by atoms with Crippen LogP contribution in [-0.4, -0.2) is 20.4 Å². The molecule has 0 spiro atoms. The predicted molar refractivity (Wildman–Crippen MR) is 106 cm³/mol. The number of carbonyl (C=O) groups is 1. The summed E-state index contributed by atoms with van der Waals surface area (Å²) in [4.78, 5) is 19.1. The number of benzene rings is 2. The summed E-state index contributed by atoms with van der Waals surface area (Å²) < 4.78 is 34.1. The zero-order valence-electron chi connectivity index (χ0n) is 16.0. The Morgan fingerprint density at radius 3 is 2.57 bits per heavy atom. The Morgan fingerprint density at radius 1 is 1.00 bits per heavy atom. The zero-order chi connectivity index (χ0) is 20.9. The first-order chi connectivity index (χ1) is 14.6. The van der Waals surface area contributed by atoms with Crippen molar-refractivity contribution in [1.82, 2.24) is 14.5 Å². The largest absolute Gasteiger partial charge is 0.467 e. The summed E-state index contributed by atoms with van der Waals surface area (Å²) in [5.74, 6) is 0.275. The second-order valence-electron chi connectivity index (χ2n) is 6.85. The Balaban J connectivity index is 1.58. The van der Waals surface area contributed by atoms with Gasteiger partial charge in [0, 0.05) is 24.5 Å². The monoisotopic (exact) mass is 407 g/mol. The molecule has 0 radical (unpaired) electrons. The molecule has 0 aliphatic rings. The Bertz CT molecular complexity index is 1120.